The van der Waals surface area contributed by atoms with E-state index in [2.05, 4.69) is 12.2 Å². The van der Waals surface area contributed by atoms with Crippen LogP contribution < -0.4 is 5.32 Å². The maximum absolute atomic E-state index is 12.1. The van der Waals surface area contributed by atoms with Crippen molar-refractivity contribution in [3.8, 4) is 0 Å². The van der Waals surface area contributed by atoms with Crippen molar-refractivity contribution >= 4 is 23.3 Å². The van der Waals surface area contributed by atoms with Gasteiger partial charge in [0.2, 0.25) is 0 Å². The van der Waals surface area contributed by atoms with Gasteiger partial charge in [0.15, 0.2) is 12.4 Å². The number of amides is 1. The van der Waals surface area contributed by atoms with Crippen LogP contribution >= 0.6 is 0 Å². The molecule has 0 atom stereocenters. The van der Waals surface area contributed by atoms with Gasteiger partial charge in [0.25, 0.3) is 11.6 Å². The number of nitrogens with one attached hydrogen (secondary N) is 1. The largest absolute Gasteiger partial charge is 0.457 e. The monoisotopic (exact) mass is 398 g/mol. The van der Waals surface area contributed by atoms with Crippen LogP contribution in [0, 0.1) is 10.1 Å². The number of benzene rings is 2. The third kappa shape index (κ3) is 6.84. The highest BCUT2D eigenvalue weighted by molar-refractivity contribution is 5.98. The Bertz CT molecular complexity index is 875. The molecule has 29 heavy (non-hydrogen) atoms. The van der Waals surface area contributed by atoms with Crippen LogP contribution in [0.25, 0.3) is 0 Å². The highest BCUT2D eigenvalue weighted by Crippen LogP contribution is 2.12. The molecule has 152 valence electrons. The van der Waals surface area contributed by atoms with Gasteiger partial charge in [-0.25, -0.2) is 0 Å². The highest BCUT2D eigenvalue weighted by atomic mass is 16.6. The summed E-state index contributed by atoms with van der Waals surface area (Å²) in [6.45, 7) is 1.74. The number of esters is 1. The first-order valence-electron chi connectivity index (χ1n) is 9.21. The minimum absolute atomic E-state index is 0.0224. The van der Waals surface area contributed by atoms with Crippen molar-refractivity contribution < 1.29 is 24.0 Å². The molecular formula is C21H22N2O6. The van der Waals surface area contributed by atoms with E-state index < -0.39 is 16.8 Å². The van der Waals surface area contributed by atoms with Gasteiger partial charge in [-0.3, -0.25) is 24.5 Å². The molecule has 2 rings (SSSR count). The van der Waals surface area contributed by atoms with Crippen LogP contribution in [0.15, 0.2) is 48.5 Å². The van der Waals surface area contributed by atoms with E-state index in [0.29, 0.717) is 5.56 Å². The summed E-state index contributed by atoms with van der Waals surface area (Å²) in [5.41, 5.74) is 1.74. The number of carbonyl (C=O) groups excluding carboxylic acids is 3. The first kappa shape index (κ1) is 21.7. The van der Waals surface area contributed by atoms with E-state index in [0.717, 1.165) is 18.4 Å². The van der Waals surface area contributed by atoms with E-state index in [-0.39, 0.29) is 36.6 Å². The van der Waals surface area contributed by atoms with Crippen molar-refractivity contribution in [2.75, 3.05) is 13.2 Å². The fraction of sp³-hybridized carbons (Fsp3) is 0.286. The lowest BCUT2D eigenvalue weighted by molar-refractivity contribution is -0.384. The molecule has 0 saturated carbocycles. The van der Waals surface area contributed by atoms with E-state index >= 15 is 0 Å². The molecule has 2 aromatic rings. The lowest BCUT2D eigenvalue weighted by atomic mass is 10.1. The topological polar surface area (TPSA) is 116 Å². The summed E-state index contributed by atoms with van der Waals surface area (Å²) in [7, 11) is 0. The zero-order valence-electron chi connectivity index (χ0n) is 16.1. The molecule has 0 saturated heterocycles. The normalized spacial score (nSPS) is 10.2. The molecule has 0 aliphatic heterocycles. The first-order chi connectivity index (χ1) is 13.9. The van der Waals surface area contributed by atoms with Crippen molar-refractivity contribution in [1.29, 1.82) is 0 Å². The standard InChI is InChI=1S/C21H22N2O6/c1-2-3-15-4-6-16(7-5-15)19(24)14-29-20(25)12-13-22-21(26)17-8-10-18(11-9-17)23(27)28/h4-11H,2-3,12-14H2,1H3,(H,22,26). The molecule has 0 aromatic heterocycles. The van der Waals surface area contributed by atoms with Gasteiger partial charge < -0.3 is 10.1 Å². The van der Waals surface area contributed by atoms with Crippen molar-refractivity contribution in [3.05, 3.63) is 75.3 Å². The third-order valence-electron chi connectivity index (χ3n) is 4.13. The molecule has 0 heterocycles. The predicted molar refractivity (Wildman–Crippen MR) is 106 cm³/mol. The Morgan fingerprint density at radius 3 is 2.21 bits per heavy atom. The number of Topliss-reactive ketones (excluding diaryl/α,β-unsaturated/α-hetero) is 1. The number of hydrogen-bond donors (Lipinski definition) is 1. The second kappa shape index (κ2) is 10.7. The number of ketones is 1. The SMILES string of the molecule is CCCc1ccc(C(=O)COC(=O)CCNC(=O)c2ccc([N+](=O)[O-])cc2)cc1. The van der Waals surface area contributed by atoms with Crippen LogP contribution in [-0.2, 0) is 16.0 Å². The summed E-state index contributed by atoms with van der Waals surface area (Å²) >= 11 is 0. The van der Waals surface area contributed by atoms with Gasteiger partial charge in [-0.1, -0.05) is 37.6 Å². The zero-order valence-corrected chi connectivity index (χ0v) is 16.1. The van der Waals surface area contributed by atoms with E-state index in [1.807, 2.05) is 12.1 Å². The van der Waals surface area contributed by atoms with E-state index in [1.165, 1.54) is 24.3 Å². The van der Waals surface area contributed by atoms with Crippen molar-refractivity contribution in [3.63, 3.8) is 0 Å². The molecule has 1 amide bonds. The number of nitrogens with zero attached hydrogens (tertiary/aromatic N) is 1. The van der Waals surface area contributed by atoms with Crippen LogP contribution in [-0.4, -0.2) is 35.7 Å². The van der Waals surface area contributed by atoms with Gasteiger partial charge in [-0.2, -0.15) is 0 Å². The van der Waals surface area contributed by atoms with Gasteiger partial charge in [-0.15, -0.1) is 0 Å². The number of aryl methyl sites for hydroxylation is 1. The van der Waals surface area contributed by atoms with Crippen molar-refractivity contribution in [2.45, 2.75) is 26.2 Å². The molecule has 2 aromatic carbocycles. The molecule has 0 aliphatic carbocycles. The number of carbonyl (C=O) groups is 3. The average Bonchev–Trinajstić information content (AvgIpc) is 2.72. The summed E-state index contributed by atoms with van der Waals surface area (Å²) in [5.74, 6) is -1.36. The minimum Gasteiger partial charge on any atom is -0.457 e. The van der Waals surface area contributed by atoms with Gasteiger partial charge in [0.05, 0.1) is 11.3 Å². The number of nitro benzene ring substituents is 1. The predicted octanol–water partition coefficient (Wildman–Crippen LogP) is 3.09. The molecule has 0 spiro atoms. The van der Waals surface area contributed by atoms with Gasteiger partial charge >= 0.3 is 5.97 Å². The van der Waals surface area contributed by atoms with Crippen LogP contribution in [0.2, 0.25) is 0 Å². The average molecular weight is 398 g/mol. The van der Waals surface area contributed by atoms with E-state index in [4.69, 9.17) is 4.74 Å². The molecule has 0 radical (unpaired) electrons. The summed E-state index contributed by atoms with van der Waals surface area (Å²) in [4.78, 5) is 45.8. The van der Waals surface area contributed by atoms with Crippen LogP contribution in [0.1, 0.15) is 46.0 Å². The summed E-state index contributed by atoms with van der Waals surface area (Å²) in [5, 5.41) is 13.1. The Labute approximate surface area is 168 Å². The Kier molecular flexibility index (Phi) is 8.02. The second-order valence-electron chi connectivity index (χ2n) is 6.34. The Balaban J connectivity index is 1.71. The maximum atomic E-state index is 12.1. The summed E-state index contributed by atoms with van der Waals surface area (Å²) in [6, 6.07) is 12.3. The molecule has 8 heteroatoms. The second-order valence-corrected chi connectivity index (χ2v) is 6.34. The molecular weight excluding hydrogens is 376 g/mol. The summed E-state index contributed by atoms with van der Waals surface area (Å²) in [6.07, 6.45) is 1.86. The number of nitro groups is 1. The number of non-ortho nitro benzene ring substituents is 1. The fourth-order valence-corrected chi connectivity index (χ4v) is 2.56. The van der Waals surface area contributed by atoms with Gasteiger partial charge in [-0.05, 0) is 24.1 Å². The van der Waals surface area contributed by atoms with Gasteiger partial charge in [0, 0.05) is 29.8 Å². The van der Waals surface area contributed by atoms with Gasteiger partial charge in [0.1, 0.15) is 0 Å². The molecule has 1 N–H and O–H groups in total. The number of ether oxygens (including phenoxy) is 1. The molecule has 0 fully saturated rings. The molecule has 0 bridgehead atoms. The fourth-order valence-electron chi connectivity index (χ4n) is 2.56. The Morgan fingerprint density at radius 1 is 1.00 bits per heavy atom. The summed E-state index contributed by atoms with van der Waals surface area (Å²) < 4.78 is 4.95. The quantitative estimate of drug-likeness (QED) is 0.285. The Morgan fingerprint density at radius 2 is 1.62 bits per heavy atom. The zero-order chi connectivity index (χ0) is 21.2. The number of hydrogen-bond acceptors (Lipinski definition) is 6. The molecule has 8 nitrogen and oxygen atoms in total. The highest BCUT2D eigenvalue weighted by Gasteiger charge is 2.12. The van der Waals surface area contributed by atoms with E-state index in [9.17, 15) is 24.5 Å². The van der Waals surface area contributed by atoms with Crippen molar-refractivity contribution in [2.24, 2.45) is 0 Å². The lowest BCUT2D eigenvalue weighted by Crippen LogP contribution is -2.27. The van der Waals surface area contributed by atoms with Crippen molar-refractivity contribution in [1.82, 2.24) is 5.32 Å². The minimum atomic E-state index is -0.607. The number of rotatable bonds is 10. The molecule has 0 aliphatic rings. The third-order valence-corrected chi connectivity index (χ3v) is 4.13. The van der Waals surface area contributed by atoms with Crippen LogP contribution in [0.4, 0.5) is 5.69 Å². The van der Waals surface area contributed by atoms with Crippen LogP contribution in [0.5, 0.6) is 0 Å². The van der Waals surface area contributed by atoms with E-state index in [1.54, 1.807) is 12.1 Å². The smallest absolute Gasteiger partial charge is 0.308 e. The molecule has 0 unspecified atom stereocenters. The Hall–Kier alpha value is -3.55. The maximum Gasteiger partial charge on any atom is 0.308 e. The lowest BCUT2D eigenvalue weighted by Gasteiger charge is -2.07. The van der Waals surface area contributed by atoms with Crippen LogP contribution in [0.3, 0.4) is 0 Å². The first-order valence-corrected chi connectivity index (χ1v) is 9.21.